The Balaban J connectivity index is 1.79. The van der Waals surface area contributed by atoms with Crippen LogP contribution in [0.15, 0.2) is 24.3 Å². The highest BCUT2D eigenvalue weighted by Gasteiger charge is 2.44. The molecule has 1 rings (SSSR count). The van der Waals surface area contributed by atoms with Gasteiger partial charge in [0.15, 0.2) is 6.10 Å². The summed E-state index contributed by atoms with van der Waals surface area (Å²) in [5.74, 6) is -0.812. The first-order chi connectivity index (χ1) is 10.3. The van der Waals surface area contributed by atoms with Gasteiger partial charge in [-0.2, -0.15) is 0 Å². The van der Waals surface area contributed by atoms with Gasteiger partial charge in [0.1, 0.15) is 0 Å². The van der Waals surface area contributed by atoms with Crippen LogP contribution in [0.1, 0.15) is 71.1 Å². The molecule has 0 aromatic carbocycles. The summed E-state index contributed by atoms with van der Waals surface area (Å²) in [6.07, 6.45) is 20.2. The van der Waals surface area contributed by atoms with Crippen LogP contribution in [0.5, 0.6) is 0 Å². The Morgan fingerprint density at radius 1 is 0.952 bits per heavy atom. The molecule has 1 N–H and O–H groups in total. The minimum absolute atomic E-state index is 0.0141. The smallest absolute Gasteiger partial charge is 0.335 e. The van der Waals surface area contributed by atoms with E-state index in [0.29, 0.717) is 0 Å². The first-order valence-electron chi connectivity index (χ1n) is 8.44. The van der Waals surface area contributed by atoms with E-state index in [1.165, 1.54) is 38.5 Å². The zero-order valence-corrected chi connectivity index (χ0v) is 13.3. The molecule has 3 nitrogen and oxygen atoms in total. The van der Waals surface area contributed by atoms with E-state index in [9.17, 15) is 4.79 Å². The fraction of sp³-hybridized carbons (Fsp3) is 0.722. The van der Waals surface area contributed by atoms with E-state index in [1.807, 2.05) is 0 Å². The van der Waals surface area contributed by atoms with Crippen LogP contribution in [-0.4, -0.2) is 23.3 Å². The predicted molar refractivity (Wildman–Crippen MR) is 86.4 cm³/mol. The van der Waals surface area contributed by atoms with Crippen molar-refractivity contribution in [3.8, 4) is 0 Å². The van der Waals surface area contributed by atoms with Gasteiger partial charge in [-0.15, -0.1) is 0 Å². The molecule has 120 valence electrons. The molecule has 0 aromatic rings. The molecule has 2 unspecified atom stereocenters. The fourth-order valence-corrected chi connectivity index (χ4v) is 2.41. The van der Waals surface area contributed by atoms with Gasteiger partial charge in [-0.1, -0.05) is 44.1 Å². The SMILES string of the molecule is CCC=CCCCCC=CCCCCCC1OC1C(=O)O. The highest BCUT2D eigenvalue weighted by molar-refractivity contribution is 5.75. The zero-order valence-electron chi connectivity index (χ0n) is 13.3. The number of carboxylic acid groups (broad SMARTS) is 1. The van der Waals surface area contributed by atoms with E-state index >= 15 is 0 Å². The summed E-state index contributed by atoms with van der Waals surface area (Å²) in [5.41, 5.74) is 0. The molecular formula is C18H30O3. The Morgan fingerprint density at radius 2 is 1.52 bits per heavy atom. The number of carbonyl (C=O) groups is 1. The molecule has 0 spiro atoms. The minimum atomic E-state index is -0.812. The normalized spacial score (nSPS) is 21.4. The van der Waals surface area contributed by atoms with Crippen molar-refractivity contribution < 1.29 is 14.6 Å². The molecular weight excluding hydrogens is 264 g/mol. The third-order valence-corrected chi connectivity index (χ3v) is 3.75. The molecule has 1 aliphatic rings. The number of carboxylic acids is 1. The lowest BCUT2D eigenvalue weighted by Crippen LogP contribution is -2.07. The number of allylic oxidation sites excluding steroid dienone is 4. The van der Waals surface area contributed by atoms with Crippen molar-refractivity contribution in [2.24, 2.45) is 0 Å². The van der Waals surface area contributed by atoms with Crippen molar-refractivity contribution in [3.05, 3.63) is 24.3 Å². The molecule has 1 saturated heterocycles. The van der Waals surface area contributed by atoms with E-state index in [0.717, 1.165) is 25.7 Å². The quantitative estimate of drug-likeness (QED) is 0.299. The van der Waals surface area contributed by atoms with Crippen molar-refractivity contribution in [2.75, 3.05) is 0 Å². The van der Waals surface area contributed by atoms with E-state index in [-0.39, 0.29) is 6.10 Å². The highest BCUT2D eigenvalue weighted by Crippen LogP contribution is 2.27. The number of hydrogen-bond acceptors (Lipinski definition) is 2. The van der Waals surface area contributed by atoms with E-state index in [4.69, 9.17) is 9.84 Å². The summed E-state index contributed by atoms with van der Waals surface area (Å²) >= 11 is 0. The van der Waals surface area contributed by atoms with E-state index in [1.54, 1.807) is 0 Å². The summed E-state index contributed by atoms with van der Waals surface area (Å²) in [7, 11) is 0. The molecule has 0 aliphatic carbocycles. The largest absolute Gasteiger partial charge is 0.479 e. The van der Waals surface area contributed by atoms with Crippen LogP contribution in [0.4, 0.5) is 0 Å². The van der Waals surface area contributed by atoms with Crippen LogP contribution >= 0.6 is 0 Å². The standard InChI is InChI=1S/C18H30O3/c1-2-3-4-5-6-7-8-9-10-11-12-13-14-15-16-17(21-16)18(19)20/h3-4,9-10,16-17H,2,5-8,11-15H2,1H3,(H,19,20). The van der Waals surface area contributed by atoms with Gasteiger partial charge in [0.05, 0.1) is 6.10 Å². The van der Waals surface area contributed by atoms with Gasteiger partial charge in [0.2, 0.25) is 0 Å². The first-order valence-corrected chi connectivity index (χ1v) is 8.44. The average Bonchev–Trinajstić information content (AvgIpc) is 3.24. The van der Waals surface area contributed by atoms with Gasteiger partial charge in [0, 0.05) is 0 Å². The molecule has 3 heteroatoms. The lowest BCUT2D eigenvalue weighted by Gasteiger charge is -1.97. The molecule has 0 aromatic heterocycles. The van der Waals surface area contributed by atoms with Crippen molar-refractivity contribution in [1.82, 2.24) is 0 Å². The molecule has 1 fully saturated rings. The third kappa shape index (κ3) is 9.46. The molecule has 0 radical (unpaired) electrons. The minimum Gasteiger partial charge on any atom is -0.479 e. The maximum Gasteiger partial charge on any atom is 0.335 e. The Kier molecular flexibility index (Phi) is 9.88. The van der Waals surface area contributed by atoms with Crippen molar-refractivity contribution in [1.29, 1.82) is 0 Å². The molecule has 0 saturated carbocycles. The van der Waals surface area contributed by atoms with E-state index < -0.39 is 12.1 Å². The second kappa shape index (κ2) is 11.6. The Hall–Kier alpha value is -1.09. The van der Waals surface area contributed by atoms with Gasteiger partial charge in [-0.25, -0.2) is 4.79 Å². The van der Waals surface area contributed by atoms with Gasteiger partial charge >= 0.3 is 5.97 Å². The lowest BCUT2D eigenvalue weighted by atomic mass is 10.1. The summed E-state index contributed by atoms with van der Waals surface area (Å²) in [5, 5.41) is 8.69. The van der Waals surface area contributed by atoms with Gasteiger partial charge in [0.25, 0.3) is 0 Å². The van der Waals surface area contributed by atoms with Crippen LogP contribution in [0.2, 0.25) is 0 Å². The van der Waals surface area contributed by atoms with Crippen LogP contribution in [0, 0.1) is 0 Å². The summed E-state index contributed by atoms with van der Waals surface area (Å²) < 4.78 is 5.07. The van der Waals surface area contributed by atoms with Gasteiger partial charge in [-0.3, -0.25) is 0 Å². The van der Waals surface area contributed by atoms with Crippen molar-refractivity contribution in [2.45, 2.75) is 83.3 Å². The average molecular weight is 294 g/mol. The third-order valence-electron chi connectivity index (χ3n) is 3.75. The van der Waals surface area contributed by atoms with Gasteiger partial charge in [-0.05, 0) is 51.4 Å². The number of unbranched alkanes of at least 4 members (excludes halogenated alkanes) is 6. The molecule has 2 atom stereocenters. The number of epoxide rings is 1. The lowest BCUT2D eigenvalue weighted by molar-refractivity contribution is -0.138. The van der Waals surface area contributed by atoms with Crippen molar-refractivity contribution >= 4 is 5.97 Å². The zero-order chi connectivity index (χ0) is 15.3. The second-order valence-electron chi connectivity index (χ2n) is 5.71. The Bertz CT molecular complexity index is 333. The second-order valence-corrected chi connectivity index (χ2v) is 5.71. The molecule has 1 aliphatic heterocycles. The number of rotatable bonds is 13. The summed E-state index contributed by atoms with van der Waals surface area (Å²) in [6.45, 7) is 2.17. The molecule has 21 heavy (non-hydrogen) atoms. The van der Waals surface area contributed by atoms with Crippen molar-refractivity contribution in [3.63, 3.8) is 0 Å². The molecule has 0 amide bonds. The highest BCUT2D eigenvalue weighted by atomic mass is 16.6. The van der Waals surface area contributed by atoms with Crippen LogP contribution in [0.3, 0.4) is 0 Å². The fourth-order valence-electron chi connectivity index (χ4n) is 2.41. The monoisotopic (exact) mass is 294 g/mol. The summed E-state index contributed by atoms with van der Waals surface area (Å²) in [4.78, 5) is 10.6. The number of hydrogen-bond donors (Lipinski definition) is 1. The maximum atomic E-state index is 10.6. The number of aliphatic carboxylic acids is 1. The maximum absolute atomic E-state index is 10.6. The van der Waals surface area contributed by atoms with Crippen LogP contribution in [0.25, 0.3) is 0 Å². The molecule has 1 heterocycles. The Morgan fingerprint density at radius 3 is 2.05 bits per heavy atom. The molecule has 0 bridgehead atoms. The summed E-state index contributed by atoms with van der Waals surface area (Å²) in [6, 6.07) is 0. The first kappa shape index (κ1) is 18.0. The Labute approximate surface area is 129 Å². The topological polar surface area (TPSA) is 49.8 Å². The van der Waals surface area contributed by atoms with Gasteiger partial charge < -0.3 is 9.84 Å². The van der Waals surface area contributed by atoms with E-state index in [2.05, 4.69) is 31.2 Å². The van der Waals surface area contributed by atoms with Crippen LogP contribution in [-0.2, 0) is 9.53 Å². The predicted octanol–water partition coefficient (Wildman–Crippen LogP) is 4.87. The number of ether oxygens (including phenoxy) is 1. The van der Waals surface area contributed by atoms with Crippen LogP contribution < -0.4 is 0 Å².